The van der Waals surface area contributed by atoms with Crippen LogP contribution in [0.4, 0.5) is 0 Å². The van der Waals surface area contributed by atoms with Crippen molar-refractivity contribution in [3.8, 4) is 0 Å². The van der Waals surface area contributed by atoms with Gasteiger partial charge in [0.05, 0.1) is 11.9 Å². The first kappa shape index (κ1) is 14.7. The zero-order chi connectivity index (χ0) is 14.0. The van der Waals surface area contributed by atoms with Gasteiger partial charge in [0.2, 0.25) is 10.0 Å². The van der Waals surface area contributed by atoms with Crippen LogP contribution in [0.15, 0.2) is 0 Å². The number of carbonyl (C=O) groups excluding carboxylic acids is 1. The van der Waals surface area contributed by atoms with Gasteiger partial charge in [-0.15, -0.1) is 0 Å². The van der Waals surface area contributed by atoms with E-state index in [0.717, 1.165) is 12.8 Å². The van der Waals surface area contributed by atoms with E-state index in [-0.39, 0.29) is 18.1 Å². The molecule has 0 radical (unpaired) electrons. The molecule has 1 N–H and O–H groups in total. The Labute approximate surface area is 114 Å². The molecule has 1 aliphatic heterocycles. The van der Waals surface area contributed by atoms with Crippen molar-refractivity contribution in [2.24, 2.45) is 0 Å². The van der Waals surface area contributed by atoms with Gasteiger partial charge in [0, 0.05) is 19.1 Å². The van der Waals surface area contributed by atoms with E-state index >= 15 is 0 Å². The highest BCUT2D eigenvalue weighted by atomic mass is 32.2. The minimum Gasteiger partial charge on any atom is -0.465 e. The van der Waals surface area contributed by atoms with Gasteiger partial charge in [-0.2, -0.15) is 0 Å². The van der Waals surface area contributed by atoms with Crippen molar-refractivity contribution < 1.29 is 17.9 Å². The third-order valence-corrected chi connectivity index (χ3v) is 5.62. The lowest BCUT2D eigenvalue weighted by molar-refractivity contribution is -0.148. The number of nitrogens with zero attached hydrogens (tertiary/aromatic N) is 1. The Morgan fingerprint density at radius 3 is 2.68 bits per heavy atom. The van der Waals surface area contributed by atoms with Crippen LogP contribution in [0.2, 0.25) is 0 Å². The number of hydrogen-bond acceptors (Lipinski definition) is 5. The first-order chi connectivity index (χ1) is 8.94. The molecule has 110 valence electrons. The Morgan fingerprint density at radius 1 is 1.42 bits per heavy atom. The number of sulfonamides is 1. The minimum absolute atomic E-state index is 0.140. The Bertz CT molecular complexity index is 433. The normalized spacial score (nSPS) is 26.3. The van der Waals surface area contributed by atoms with E-state index in [2.05, 4.69) is 4.72 Å². The summed E-state index contributed by atoms with van der Waals surface area (Å²) in [7, 11) is -3.24. The van der Waals surface area contributed by atoms with Gasteiger partial charge in [0.1, 0.15) is 6.04 Å². The molecule has 0 amide bonds. The first-order valence-corrected chi connectivity index (χ1v) is 8.40. The van der Waals surface area contributed by atoms with Crippen LogP contribution < -0.4 is 4.72 Å². The molecular weight excluding hydrogens is 268 g/mol. The van der Waals surface area contributed by atoms with E-state index in [9.17, 15) is 13.2 Å². The predicted molar refractivity (Wildman–Crippen MR) is 71.2 cm³/mol. The maximum absolute atomic E-state index is 12.1. The van der Waals surface area contributed by atoms with Crippen molar-refractivity contribution in [3.05, 3.63) is 0 Å². The second-order valence-corrected chi connectivity index (χ2v) is 7.26. The molecule has 0 unspecified atom stereocenters. The van der Waals surface area contributed by atoms with Crippen molar-refractivity contribution in [3.63, 3.8) is 0 Å². The van der Waals surface area contributed by atoms with Crippen LogP contribution in [0.5, 0.6) is 0 Å². The summed E-state index contributed by atoms with van der Waals surface area (Å²) in [5, 5.41) is -0.412. The molecule has 1 heterocycles. The summed E-state index contributed by atoms with van der Waals surface area (Å²) < 4.78 is 31.9. The Hall–Kier alpha value is -0.660. The molecule has 0 aromatic rings. The highest BCUT2D eigenvalue weighted by Crippen LogP contribution is 2.24. The maximum atomic E-state index is 12.1. The van der Waals surface area contributed by atoms with Gasteiger partial charge in [-0.1, -0.05) is 0 Å². The smallest absolute Gasteiger partial charge is 0.323 e. The van der Waals surface area contributed by atoms with E-state index in [1.165, 1.54) is 0 Å². The number of nitrogens with one attached hydrogen (secondary N) is 1. The number of likely N-dealkylation sites (tertiary alicyclic amines) is 1. The first-order valence-electron chi connectivity index (χ1n) is 6.86. The average molecular weight is 290 g/mol. The fraction of sp³-hybridized carbons (Fsp3) is 0.917. The molecule has 1 saturated heterocycles. The molecule has 1 saturated carbocycles. The molecule has 7 heteroatoms. The molecule has 2 rings (SSSR count). The number of ether oxygens (including phenoxy) is 1. The third kappa shape index (κ3) is 3.67. The molecule has 2 fully saturated rings. The fourth-order valence-corrected chi connectivity index (χ4v) is 4.00. The molecule has 1 aliphatic carbocycles. The average Bonchev–Trinajstić information content (AvgIpc) is 2.99. The molecular formula is C12H22N2O4S. The van der Waals surface area contributed by atoms with E-state index in [4.69, 9.17) is 4.74 Å². The summed E-state index contributed by atoms with van der Waals surface area (Å²) in [6.07, 6.45) is 2.45. The number of carbonyl (C=O) groups is 1. The van der Waals surface area contributed by atoms with Gasteiger partial charge in [-0.05, 0) is 33.1 Å². The molecule has 6 nitrogen and oxygen atoms in total. The Morgan fingerprint density at radius 2 is 2.11 bits per heavy atom. The van der Waals surface area contributed by atoms with E-state index < -0.39 is 15.3 Å². The lowest BCUT2D eigenvalue weighted by Crippen LogP contribution is -2.42. The van der Waals surface area contributed by atoms with Crippen molar-refractivity contribution in [2.45, 2.75) is 50.4 Å². The van der Waals surface area contributed by atoms with Gasteiger partial charge in [-0.3, -0.25) is 9.69 Å². The zero-order valence-electron chi connectivity index (χ0n) is 11.5. The third-order valence-electron chi connectivity index (χ3n) is 3.70. The van der Waals surface area contributed by atoms with Crippen molar-refractivity contribution in [1.29, 1.82) is 0 Å². The van der Waals surface area contributed by atoms with E-state index in [1.807, 2.05) is 4.90 Å². The van der Waals surface area contributed by atoms with Crippen LogP contribution in [0.1, 0.15) is 33.1 Å². The van der Waals surface area contributed by atoms with Gasteiger partial charge in [-0.25, -0.2) is 13.1 Å². The molecule has 0 aromatic carbocycles. The number of hydrogen-bond donors (Lipinski definition) is 1. The lowest BCUT2D eigenvalue weighted by Gasteiger charge is -2.22. The van der Waals surface area contributed by atoms with E-state index in [1.54, 1.807) is 13.8 Å². The van der Waals surface area contributed by atoms with Gasteiger partial charge < -0.3 is 4.74 Å². The maximum Gasteiger partial charge on any atom is 0.323 e. The van der Waals surface area contributed by atoms with Gasteiger partial charge in [0.15, 0.2) is 0 Å². The molecule has 19 heavy (non-hydrogen) atoms. The van der Waals surface area contributed by atoms with Crippen LogP contribution in [0.3, 0.4) is 0 Å². The summed E-state index contributed by atoms with van der Waals surface area (Å²) in [6, 6.07) is -0.234. The van der Waals surface area contributed by atoms with Crippen LogP contribution >= 0.6 is 0 Å². The largest absolute Gasteiger partial charge is 0.465 e. The SMILES string of the molecule is CCOC(=O)[C@@H](C)N1CC[C@H](S(=O)(=O)NC2CC2)C1. The summed E-state index contributed by atoms with van der Waals surface area (Å²) in [5.74, 6) is -0.282. The molecule has 2 atom stereocenters. The molecule has 0 spiro atoms. The zero-order valence-corrected chi connectivity index (χ0v) is 12.3. The van der Waals surface area contributed by atoms with E-state index in [0.29, 0.717) is 26.1 Å². The van der Waals surface area contributed by atoms with Crippen molar-refractivity contribution in [2.75, 3.05) is 19.7 Å². The highest BCUT2D eigenvalue weighted by Gasteiger charge is 2.39. The molecule has 0 aromatic heterocycles. The second kappa shape index (κ2) is 5.76. The Balaban J connectivity index is 1.90. The second-order valence-electron chi connectivity index (χ2n) is 5.27. The van der Waals surface area contributed by atoms with Gasteiger partial charge >= 0.3 is 5.97 Å². The molecule has 2 aliphatic rings. The number of rotatable bonds is 6. The monoisotopic (exact) mass is 290 g/mol. The molecule has 0 bridgehead atoms. The summed E-state index contributed by atoms with van der Waals surface area (Å²) in [5.41, 5.74) is 0. The summed E-state index contributed by atoms with van der Waals surface area (Å²) in [4.78, 5) is 13.5. The highest BCUT2D eigenvalue weighted by molar-refractivity contribution is 7.90. The van der Waals surface area contributed by atoms with Crippen LogP contribution in [0, 0.1) is 0 Å². The number of esters is 1. The standard InChI is InChI=1S/C12H22N2O4S/c1-3-18-12(15)9(2)14-7-6-11(8-14)19(16,17)13-10-4-5-10/h9-11,13H,3-8H2,1-2H3/t9-,11+/m1/s1. The summed E-state index contributed by atoms with van der Waals surface area (Å²) in [6.45, 7) is 4.91. The quantitative estimate of drug-likeness (QED) is 0.702. The predicted octanol–water partition coefficient (Wildman–Crippen LogP) is 0.0941. The Kier molecular flexibility index (Phi) is 4.47. The van der Waals surface area contributed by atoms with Crippen molar-refractivity contribution in [1.82, 2.24) is 9.62 Å². The fourth-order valence-electron chi connectivity index (χ4n) is 2.30. The topological polar surface area (TPSA) is 75.7 Å². The van der Waals surface area contributed by atoms with Crippen molar-refractivity contribution >= 4 is 16.0 Å². The van der Waals surface area contributed by atoms with Crippen LogP contribution in [-0.4, -0.2) is 56.3 Å². The summed E-state index contributed by atoms with van der Waals surface area (Å²) >= 11 is 0. The van der Waals surface area contributed by atoms with Crippen LogP contribution in [-0.2, 0) is 19.6 Å². The lowest BCUT2D eigenvalue weighted by atomic mass is 10.3. The minimum atomic E-state index is -3.24. The van der Waals surface area contributed by atoms with Gasteiger partial charge in [0.25, 0.3) is 0 Å². The van der Waals surface area contributed by atoms with Crippen LogP contribution in [0.25, 0.3) is 0 Å².